The molecule has 1 N–H and O–H groups in total. The van der Waals surface area contributed by atoms with Crippen LogP contribution in [0.4, 0.5) is 5.69 Å². The number of nitrogens with one attached hydrogen (secondary N) is 1. The molecule has 1 aromatic rings. The fourth-order valence-electron chi connectivity index (χ4n) is 1.60. The quantitative estimate of drug-likeness (QED) is 0.516. The number of benzene rings is 1. The summed E-state index contributed by atoms with van der Waals surface area (Å²) in [7, 11) is 0. The lowest BCUT2D eigenvalue weighted by atomic mass is 10.1. The van der Waals surface area contributed by atoms with Crippen LogP contribution in [0.15, 0.2) is 18.2 Å². The highest BCUT2D eigenvalue weighted by molar-refractivity contribution is 9.09. The van der Waals surface area contributed by atoms with E-state index in [1.165, 1.54) is 12.1 Å². The zero-order valence-electron chi connectivity index (χ0n) is 10.3. The van der Waals surface area contributed by atoms with E-state index in [1.54, 1.807) is 13.0 Å². The molecular weight excluding hydrogens is 300 g/mol. The Morgan fingerprint density at radius 3 is 2.78 bits per heavy atom. The first-order valence-electron chi connectivity index (χ1n) is 5.58. The molecule has 1 unspecified atom stereocenters. The van der Waals surface area contributed by atoms with Crippen molar-refractivity contribution in [3.05, 3.63) is 39.4 Å². The maximum absolute atomic E-state index is 12.0. The Labute approximate surface area is 114 Å². The lowest BCUT2D eigenvalue weighted by Gasteiger charge is -2.13. The van der Waals surface area contributed by atoms with Gasteiger partial charge in [0.15, 0.2) is 0 Å². The monoisotopic (exact) mass is 314 g/mol. The Morgan fingerprint density at radius 1 is 1.56 bits per heavy atom. The first kappa shape index (κ1) is 14.6. The Hall–Kier alpha value is -1.43. The Balaban J connectivity index is 2.93. The van der Waals surface area contributed by atoms with Crippen LogP contribution in [0, 0.1) is 17.0 Å². The minimum atomic E-state index is -0.478. The summed E-state index contributed by atoms with van der Waals surface area (Å²) in [6.07, 6.45) is 0.805. The lowest BCUT2D eigenvalue weighted by Crippen LogP contribution is -2.33. The van der Waals surface area contributed by atoms with Gasteiger partial charge in [-0.1, -0.05) is 22.0 Å². The Morgan fingerprint density at radius 2 is 2.22 bits per heavy atom. The third-order valence-electron chi connectivity index (χ3n) is 2.67. The van der Waals surface area contributed by atoms with E-state index in [9.17, 15) is 14.9 Å². The summed E-state index contributed by atoms with van der Waals surface area (Å²) in [6, 6.07) is 4.54. The van der Waals surface area contributed by atoms with E-state index in [-0.39, 0.29) is 17.6 Å². The molecule has 18 heavy (non-hydrogen) atoms. The number of nitro benzene ring substituents is 1. The van der Waals surface area contributed by atoms with Crippen molar-refractivity contribution in [2.45, 2.75) is 26.3 Å². The molecule has 98 valence electrons. The van der Waals surface area contributed by atoms with Crippen molar-refractivity contribution >= 4 is 27.5 Å². The number of amides is 1. The minimum absolute atomic E-state index is 0.0236. The van der Waals surface area contributed by atoms with Crippen LogP contribution in [0.1, 0.15) is 29.3 Å². The molecule has 1 rings (SSSR count). The van der Waals surface area contributed by atoms with Gasteiger partial charge in [-0.25, -0.2) is 0 Å². The van der Waals surface area contributed by atoms with Crippen LogP contribution in [0.3, 0.4) is 0 Å². The third-order valence-corrected chi connectivity index (χ3v) is 3.12. The normalized spacial score (nSPS) is 11.9. The molecule has 0 saturated heterocycles. The van der Waals surface area contributed by atoms with Crippen LogP contribution < -0.4 is 5.32 Å². The van der Waals surface area contributed by atoms with Gasteiger partial charge in [-0.2, -0.15) is 0 Å². The predicted molar refractivity (Wildman–Crippen MR) is 73.2 cm³/mol. The van der Waals surface area contributed by atoms with Gasteiger partial charge in [0.25, 0.3) is 11.6 Å². The number of nitro groups is 1. The molecule has 0 bridgehead atoms. The van der Waals surface area contributed by atoms with Crippen LogP contribution in [-0.2, 0) is 0 Å². The molecule has 0 aliphatic heterocycles. The Bertz CT molecular complexity index is 463. The van der Waals surface area contributed by atoms with Crippen LogP contribution in [0.25, 0.3) is 0 Å². The molecule has 0 aliphatic rings. The molecule has 0 radical (unpaired) electrons. The van der Waals surface area contributed by atoms with Crippen molar-refractivity contribution in [3.63, 3.8) is 0 Å². The van der Waals surface area contributed by atoms with Gasteiger partial charge in [0.2, 0.25) is 0 Å². The second kappa shape index (κ2) is 6.49. The highest BCUT2D eigenvalue weighted by Crippen LogP contribution is 2.21. The van der Waals surface area contributed by atoms with Gasteiger partial charge < -0.3 is 5.32 Å². The van der Waals surface area contributed by atoms with Gasteiger partial charge >= 0.3 is 0 Å². The molecule has 0 aromatic heterocycles. The molecule has 0 heterocycles. The number of rotatable bonds is 5. The summed E-state index contributed by atoms with van der Waals surface area (Å²) in [4.78, 5) is 22.3. The van der Waals surface area contributed by atoms with E-state index in [2.05, 4.69) is 21.2 Å². The average Bonchev–Trinajstić information content (AvgIpc) is 2.28. The number of nitrogens with zero attached hydrogens (tertiary/aromatic N) is 1. The van der Waals surface area contributed by atoms with Crippen molar-refractivity contribution < 1.29 is 9.72 Å². The summed E-state index contributed by atoms with van der Waals surface area (Å²) < 4.78 is 0. The van der Waals surface area contributed by atoms with Crippen molar-refractivity contribution in [3.8, 4) is 0 Å². The smallest absolute Gasteiger partial charge is 0.273 e. The first-order chi connectivity index (χ1) is 8.47. The summed E-state index contributed by atoms with van der Waals surface area (Å²) >= 11 is 3.30. The molecular formula is C12H15BrN2O3. The number of carbonyl (C=O) groups is 1. The first-order valence-corrected chi connectivity index (χ1v) is 6.70. The van der Waals surface area contributed by atoms with E-state index in [1.807, 2.05) is 6.92 Å². The number of halogens is 1. The van der Waals surface area contributed by atoms with Crippen molar-refractivity contribution in [1.82, 2.24) is 5.32 Å². The van der Waals surface area contributed by atoms with Crippen molar-refractivity contribution in [2.24, 2.45) is 0 Å². The van der Waals surface area contributed by atoms with Gasteiger partial charge in [0, 0.05) is 28.6 Å². The lowest BCUT2D eigenvalue weighted by molar-refractivity contribution is -0.385. The molecule has 6 heteroatoms. The maximum Gasteiger partial charge on any atom is 0.273 e. The molecule has 0 saturated carbocycles. The topological polar surface area (TPSA) is 72.2 Å². The molecule has 1 aromatic carbocycles. The van der Waals surface area contributed by atoms with Crippen LogP contribution in [-0.4, -0.2) is 22.2 Å². The summed E-state index contributed by atoms with van der Waals surface area (Å²) in [6.45, 7) is 3.48. The van der Waals surface area contributed by atoms with Gasteiger partial charge in [-0.3, -0.25) is 14.9 Å². The van der Waals surface area contributed by atoms with Gasteiger partial charge in [0.1, 0.15) is 0 Å². The third kappa shape index (κ3) is 3.53. The fraction of sp³-hybridized carbons (Fsp3) is 0.417. The van der Waals surface area contributed by atoms with Crippen LogP contribution >= 0.6 is 15.9 Å². The average molecular weight is 315 g/mol. The van der Waals surface area contributed by atoms with Crippen LogP contribution in [0.2, 0.25) is 0 Å². The van der Waals surface area contributed by atoms with Crippen molar-refractivity contribution in [1.29, 1.82) is 0 Å². The molecule has 5 nitrogen and oxygen atoms in total. The molecule has 0 spiro atoms. The molecule has 1 atom stereocenters. The maximum atomic E-state index is 12.0. The van der Waals surface area contributed by atoms with E-state index in [0.29, 0.717) is 11.1 Å². The number of hydrogen-bond donors (Lipinski definition) is 1. The number of hydrogen-bond acceptors (Lipinski definition) is 3. The van der Waals surface area contributed by atoms with E-state index in [0.717, 1.165) is 11.8 Å². The second-order valence-electron chi connectivity index (χ2n) is 4.06. The molecule has 0 aliphatic carbocycles. The minimum Gasteiger partial charge on any atom is -0.350 e. The van der Waals surface area contributed by atoms with Gasteiger partial charge in [-0.05, 0) is 26.3 Å². The van der Waals surface area contributed by atoms with E-state index >= 15 is 0 Å². The number of alkyl halides is 1. The number of carbonyl (C=O) groups excluding carboxylic acids is 1. The molecule has 0 fully saturated rings. The Kier molecular flexibility index (Phi) is 5.27. The second-order valence-corrected chi connectivity index (χ2v) is 4.85. The van der Waals surface area contributed by atoms with Crippen LogP contribution in [0.5, 0.6) is 0 Å². The van der Waals surface area contributed by atoms with Gasteiger partial charge in [-0.15, -0.1) is 0 Å². The fourth-order valence-corrected chi connectivity index (χ4v) is 2.29. The molecule has 1 amide bonds. The highest BCUT2D eigenvalue weighted by atomic mass is 79.9. The standard InChI is InChI=1S/C12H15BrN2O3/c1-8(6-7-13)14-12(16)10-4-3-5-11(9(10)2)15(17)18/h3-5,8H,6-7H2,1-2H3,(H,14,16). The highest BCUT2D eigenvalue weighted by Gasteiger charge is 2.18. The van der Waals surface area contributed by atoms with Gasteiger partial charge in [0.05, 0.1) is 4.92 Å². The van der Waals surface area contributed by atoms with Crippen molar-refractivity contribution in [2.75, 3.05) is 5.33 Å². The van der Waals surface area contributed by atoms with E-state index in [4.69, 9.17) is 0 Å². The predicted octanol–water partition coefficient (Wildman–Crippen LogP) is 2.81. The largest absolute Gasteiger partial charge is 0.350 e. The van der Waals surface area contributed by atoms with E-state index < -0.39 is 4.92 Å². The SMILES string of the molecule is Cc1c(C(=O)NC(C)CCBr)cccc1[N+](=O)[O-]. The summed E-state index contributed by atoms with van der Waals surface area (Å²) in [5, 5.41) is 14.4. The summed E-state index contributed by atoms with van der Waals surface area (Å²) in [5.74, 6) is -0.273. The summed E-state index contributed by atoms with van der Waals surface area (Å²) in [5.41, 5.74) is 0.715. The zero-order valence-corrected chi connectivity index (χ0v) is 11.9. The zero-order chi connectivity index (χ0) is 13.7.